The first-order valence-electron chi connectivity index (χ1n) is 5.77. The number of halogens is 1. The van der Waals surface area contributed by atoms with Crippen LogP contribution in [0.2, 0.25) is 0 Å². The van der Waals surface area contributed by atoms with Crippen LogP contribution in [0.3, 0.4) is 0 Å². The fourth-order valence-corrected chi connectivity index (χ4v) is 1.76. The summed E-state index contributed by atoms with van der Waals surface area (Å²) >= 11 is 0. The number of benzene rings is 1. The number of hydrogen-bond acceptors (Lipinski definition) is 3. The molecule has 0 bridgehead atoms. The molecule has 3 nitrogen and oxygen atoms in total. The topological polar surface area (TPSA) is 45.1 Å². The Bertz CT molecular complexity index is 496. The van der Waals surface area contributed by atoms with Crippen molar-refractivity contribution in [3.05, 3.63) is 59.7 Å². The average Bonchev–Trinajstić information content (AvgIpc) is 2.36. The number of phenolic OH excluding ortho intramolecular Hbond substituents is 1. The summed E-state index contributed by atoms with van der Waals surface area (Å²) in [6.07, 6.45) is 3.52. The van der Waals surface area contributed by atoms with Gasteiger partial charge in [-0.2, -0.15) is 0 Å². The van der Waals surface area contributed by atoms with Crippen molar-refractivity contribution in [3.8, 4) is 5.75 Å². The number of aromatic hydroxyl groups is 1. The van der Waals surface area contributed by atoms with Gasteiger partial charge in [0.25, 0.3) is 0 Å². The Morgan fingerprint density at radius 2 is 2.22 bits per heavy atom. The normalized spacial score (nSPS) is 12.3. The second-order valence-electron chi connectivity index (χ2n) is 4.21. The molecule has 4 heteroatoms. The Morgan fingerprint density at radius 1 is 1.39 bits per heavy atom. The van der Waals surface area contributed by atoms with Gasteiger partial charge in [-0.1, -0.05) is 6.07 Å². The highest BCUT2D eigenvalue weighted by atomic mass is 19.1. The van der Waals surface area contributed by atoms with Crippen LogP contribution in [0.25, 0.3) is 0 Å². The van der Waals surface area contributed by atoms with Gasteiger partial charge in [-0.3, -0.25) is 4.98 Å². The first-order chi connectivity index (χ1) is 8.65. The number of nitrogens with one attached hydrogen (secondary N) is 1. The second-order valence-corrected chi connectivity index (χ2v) is 4.21. The van der Waals surface area contributed by atoms with Gasteiger partial charge in [-0.25, -0.2) is 4.39 Å². The van der Waals surface area contributed by atoms with Crippen LogP contribution in [0.1, 0.15) is 24.1 Å². The predicted octanol–water partition coefficient (Wildman–Crippen LogP) is 2.78. The van der Waals surface area contributed by atoms with Crippen LogP contribution in [0, 0.1) is 5.82 Å². The van der Waals surface area contributed by atoms with Gasteiger partial charge in [0, 0.05) is 31.0 Å². The Balaban J connectivity index is 1.99. The molecule has 0 aliphatic carbocycles. The van der Waals surface area contributed by atoms with Crippen molar-refractivity contribution in [2.45, 2.75) is 19.5 Å². The predicted molar refractivity (Wildman–Crippen MR) is 67.6 cm³/mol. The zero-order chi connectivity index (χ0) is 13.0. The second kappa shape index (κ2) is 5.60. The average molecular weight is 246 g/mol. The van der Waals surface area contributed by atoms with E-state index in [1.165, 1.54) is 6.07 Å². The van der Waals surface area contributed by atoms with Gasteiger partial charge in [0.05, 0.1) is 0 Å². The quantitative estimate of drug-likeness (QED) is 0.872. The van der Waals surface area contributed by atoms with Gasteiger partial charge in [-0.05, 0) is 36.2 Å². The zero-order valence-corrected chi connectivity index (χ0v) is 10.1. The number of hydrogen-bond donors (Lipinski definition) is 2. The van der Waals surface area contributed by atoms with Crippen LogP contribution in [0.5, 0.6) is 5.75 Å². The van der Waals surface area contributed by atoms with Crippen LogP contribution in [-0.2, 0) is 6.54 Å². The van der Waals surface area contributed by atoms with Crippen LogP contribution < -0.4 is 5.32 Å². The van der Waals surface area contributed by atoms with E-state index in [-0.39, 0.29) is 11.8 Å². The molecule has 2 N–H and O–H groups in total. The number of phenols is 1. The Labute approximate surface area is 105 Å². The largest absolute Gasteiger partial charge is 0.508 e. The molecule has 94 valence electrons. The standard InChI is InChI=1S/C14H15FN2O/c1-10(12-3-2-4-16-9-12)17-8-11-5-13(15)7-14(18)6-11/h2-7,9-10,17-18H,8H2,1H3/t10-/m1/s1. The van der Waals surface area contributed by atoms with E-state index in [0.717, 1.165) is 11.6 Å². The zero-order valence-electron chi connectivity index (χ0n) is 10.1. The van der Waals surface area contributed by atoms with E-state index in [4.69, 9.17) is 0 Å². The smallest absolute Gasteiger partial charge is 0.127 e. The molecule has 1 atom stereocenters. The van der Waals surface area contributed by atoms with Gasteiger partial charge in [0.15, 0.2) is 0 Å². The minimum Gasteiger partial charge on any atom is -0.508 e. The first kappa shape index (κ1) is 12.5. The number of rotatable bonds is 4. The maximum atomic E-state index is 13.1. The molecule has 0 fully saturated rings. The molecule has 1 aromatic heterocycles. The third-order valence-corrected chi connectivity index (χ3v) is 2.74. The Hall–Kier alpha value is -1.94. The molecule has 2 aromatic rings. The molecule has 0 aliphatic heterocycles. The highest BCUT2D eigenvalue weighted by Crippen LogP contribution is 2.16. The van der Waals surface area contributed by atoms with E-state index in [0.29, 0.717) is 12.1 Å². The lowest BCUT2D eigenvalue weighted by atomic mass is 10.1. The molecule has 0 spiro atoms. The minimum atomic E-state index is -0.430. The van der Waals surface area contributed by atoms with E-state index in [1.54, 1.807) is 18.5 Å². The summed E-state index contributed by atoms with van der Waals surface area (Å²) in [4.78, 5) is 4.05. The van der Waals surface area contributed by atoms with Crippen LogP contribution >= 0.6 is 0 Å². The summed E-state index contributed by atoms with van der Waals surface area (Å²) in [7, 11) is 0. The molecule has 0 saturated carbocycles. The van der Waals surface area contributed by atoms with E-state index < -0.39 is 5.82 Å². The maximum absolute atomic E-state index is 13.1. The molecule has 1 heterocycles. The fourth-order valence-electron chi connectivity index (χ4n) is 1.76. The third kappa shape index (κ3) is 3.28. The van der Waals surface area contributed by atoms with Crippen molar-refractivity contribution in [2.24, 2.45) is 0 Å². The van der Waals surface area contributed by atoms with Crippen LogP contribution in [0.4, 0.5) is 4.39 Å². The van der Waals surface area contributed by atoms with Gasteiger partial charge in [0.1, 0.15) is 11.6 Å². The Kier molecular flexibility index (Phi) is 3.89. The summed E-state index contributed by atoms with van der Waals surface area (Å²) in [5, 5.41) is 12.6. The summed E-state index contributed by atoms with van der Waals surface area (Å²) in [6.45, 7) is 2.50. The number of pyridine rings is 1. The third-order valence-electron chi connectivity index (χ3n) is 2.74. The molecule has 0 aliphatic rings. The Morgan fingerprint density at radius 3 is 2.89 bits per heavy atom. The molecular weight excluding hydrogens is 231 g/mol. The highest BCUT2D eigenvalue weighted by molar-refractivity contribution is 5.28. The summed E-state index contributed by atoms with van der Waals surface area (Å²) < 4.78 is 13.1. The molecule has 1 aromatic carbocycles. The summed E-state index contributed by atoms with van der Waals surface area (Å²) in [5.74, 6) is -0.485. The minimum absolute atomic E-state index is 0.0548. The summed E-state index contributed by atoms with van der Waals surface area (Å²) in [5.41, 5.74) is 1.78. The molecule has 0 saturated heterocycles. The first-order valence-corrected chi connectivity index (χ1v) is 5.77. The lowest BCUT2D eigenvalue weighted by Gasteiger charge is -2.14. The molecule has 0 radical (unpaired) electrons. The molecule has 0 unspecified atom stereocenters. The lowest BCUT2D eigenvalue weighted by Crippen LogP contribution is -2.18. The maximum Gasteiger partial charge on any atom is 0.127 e. The lowest BCUT2D eigenvalue weighted by molar-refractivity contribution is 0.466. The van der Waals surface area contributed by atoms with Crippen LogP contribution in [-0.4, -0.2) is 10.1 Å². The molecule has 0 amide bonds. The van der Waals surface area contributed by atoms with E-state index in [9.17, 15) is 9.50 Å². The van der Waals surface area contributed by atoms with Gasteiger partial charge in [0.2, 0.25) is 0 Å². The summed E-state index contributed by atoms with van der Waals surface area (Å²) in [6, 6.07) is 8.02. The number of nitrogens with zero attached hydrogens (tertiary/aromatic N) is 1. The molecule has 18 heavy (non-hydrogen) atoms. The van der Waals surface area contributed by atoms with Crippen molar-refractivity contribution in [2.75, 3.05) is 0 Å². The SMILES string of the molecule is C[C@@H](NCc1cc(O)cc(F)c1)c1cccnc1. The van der Waals surface area contributed by atoms with Gasteiger partial charge < -0.3 is 10.4 Å². The number of aromatic nitrogens is 1. The molecule has 2 rings (SSSR count). The van der Waals surface area contributed by atoms with Crippen molar-refractivity contribution in [3.63, 3.8) is 0 Å². The van der Waals surface area contributed by atoms with Gasteiger partial charge >= 0.3 is 0 Å². The van der Waals surface area contributed by atoms with E-state index in [2.05, 4.69) is 10.3 Å². The van der Waals surface area contributed by atoms with E-state index >= 15 is 0 Å². The molecular formula is C14H15FN2O. The van der Waals surface area contributed by atoms with Crippen molar-refractivity contribution < 1.29 is 9.50 Å². The fraction of sp³-hybridized carbons (Fsp3) is 0.214. The highest BCUT2D eigenvalue weighted by Gasteiger charge is 2.05. The van der Waals surface area contributed by atoms with Crippen molar-refractivity contribution >= 4 is 0 Å². The monoisotopic (exact) mass is 246 g/mol. The van der Waals surface area contributed by atoms with Crippen LogP contribution in [0.15, 0.2) is 42.7 Å². The van der Waals surface area contributed by atoms with Crippen molar-refractivity contribution in [1.82, 2.24) is 10.3 Å². The van der Waals surface area contributed by atoms with Gasteiger partial charge in [-0.15, -0.1) is 0 Å². The van der Waals surface area contributed by atoms with E-state index in [1.807, 2.05) is 19.1 Å². The van der Waals surface area contributed by atoms with Crippen molar-refractivity contribution in [1.29, 1.82) is 0 Å².